The van der Waals surface area contributed by atoms with Gasteiger partial charge in [-0.1, -0.05) is 31.2 Å². The van der Waals surface area contributed by atoms with Crippen molar-refractivity contribution in [3.8, 4) is 11.5 Å². The molecular weight excluding hydrogens is 349 g/mol. The lowest BCUT2D eigenvalue weighted by Gasteiger charge is -2.24. The van der Waals surface area contributed by atoms with Crippen LogP contribution >= 0.6 is 0 Å². The van der Waals surface area contributed by atoms with E-state index in [-0.39, 0.29) is 30.9 Å². The highest BCUT2D eigenvalue weighted by Gasteiger charge is 2.21. The van der Waals surface area contributed by atoms with E-state index in [0.29, 0.717) is 36.8 Å². The molecule has 27 heavy (non-hydrogen) atoms. The summed E-state index contributed by atoms with van der Waals surface area (Å²) < 4.78 is 29.9. The predicted octanol–water partition coefficient (Wildman–Crippen LogP) is 3.72. The minimum absolute atomic E-state index is 0.0412. The number of carbonyl (C=O) groups is 1. The van der Waals surface area contributed by atoms with Gasteiger partial charge in [-0.05, 0) is 35.2 Å². The molecule has 0 aromatic heterocycles. The number of hydrogen-bond acceptors (Lipinski definition) is 4. The number of rotatable bonds is 8. The van der Waals surface area contributed by atoms with Gasteiger partial charge in [-0.3, -0.25) is 4.79 Å². The first kappa shape index (κ1) is 19.2. The van der Waals surface area contributed by atoms with Crippen LogP contribution in [0.2, 0.25) is 0 Å². The van der Waals surface area contributed by atoms with Crippen molar-refractivity contribution in [2.24, 2.45) is 0 Å². The molecule has 1 heterocycles. The Morgan fingerprint density at radius 2 is 2.00 bits per heavy atom. The Hall–Kier alpha value is -2.60. The molecule has 1 unspecified atom stereocenters. The first-order valence-electron chi connectivity index (χ1n) is 8.98. The summed E-state index contributed by atoms with van der Waals surface area (Å²) in [6.07, 6.45) is 0.231. The van der Waals surface area contributed by atoms with Gasteiger partial charge < -0.3 is 19.1 Å². The Morgan fingerprint density at radius 1 is 1.22 bits per heavy atom. The van der Waals surface area contributed by atoms with Crippen LogP contribution in [0.1, 0.15) is 30.4 Å². The van der Waals surface area contributed by atoms with Crippen molar-refractivity contribution in [2.45, 2.75) is 25.8 Å². The number of carbonyl (C=O) groups excluding carboxylic acids is 1. The molecule has 1 amide bonds. The number of methoxy groups -OCH3 is 1. The molecule has 5 nitrogen and oxygen atoms in total. The quantitative estimate of drug-likeness (QED) is 0.708. The Bertz CT molecular complexity index is 796. The van der Waals surface area contributed by atoms with Gasteiger partial charge in [-0.15, -0.1) is 0 Å². The lowest BCUT2D eigenvalue weighted by Crippen LogP contribution is -2.34. The molecule has 1 aliphatic rings. The monoisotopic (exact) mass is 373 g/mol. The van der Waals surface area contributed by atoms with Crippen LogP contribution in [0.25, 0.3) is 0 Å². The molecule has 2 aromatic rings. The maximum atomic E-state index is 14.0. The molecule has 0 aliphatic carbocycles. The summed E-state index contributed by atoms with van der Waals surface area (Å²) >= 11 is 0. The van der Waals surface area contributed by atoms with Crippen molar-refractivity contribution >= 4 is 5.91 Å². The van der Waals surface area contributed by atoms with E-state index in [1.165, 1.54) is 6.07 Å². The third kappa shape index (κ3) is 4.77. The van der Waals surface area contributed by atoms with Crippen molar-refractivity contribution in [2.75, 3.05) is 27.1 Å². The summed E-state index contributed by atoms with van der Waals surface area (Å²) in [6.45, 7) is 3.41. The molecule has 3 rings (SSSR count). The van der Waals surface area contributed by atoms with Gasteiger partial charge in [-0.25, -0.2) is 4.39 Å². The van der Waals surface area contributed by atoms with Crippen LogP contribution in [-0.2, 0) is 16.1 Å². The van der Waals surface area contributed by atoms with Gasteiger partial charge in [0.1, 0.15) is 5.82 Å². The van der Waals surface area contributed by atoms with E-state index in [1.54, 1.807) is 30.2 Å². The number of benzene rings is 2. The minimum Gasteiger partial charge on any atom is -0.454 e. The van der Waals surface area contributed by atoms with Crippen LogP contribution in [0.5, 0.6) is 11.5 Å². The molecule has 0 saturated heterocycles. The maximum Gasteiger partial charge on any atom is 0.231 e. The highest BCUT2D eigenvalue weighted by Crippen LogP contribution is 2.33. The van der Waals surface area contributed by atoms with E-state index in [2.05, 4.69) is 0 Å². The molecule has 0 bridgehead atoms. The van der Waals surface area contributed by atoms with Crippen molar-refractivity contribution in [3.63, 3.8) is 0 Å². The largest absolute Gasteiger partial charge is 0.454 e. The van der Waals surface area contributed by atoms with Gasteiger partial charge in [0.15, 0.2) is 11.5 Å². The molecule has 0 saturated carbocycles. The summed E-state index contributed by atoms with van der Waals surface area (Å²) in [5.41, 5.74) is 1.50. The van der Waals surface area contributed by atoms with Crippen molar-refractivity contribution < 1.29 is 23.4 Å². The number of halogens is 1. The van der Waals surface area contributed by atoms with Gasteiger partial charge >= 0.3 is 0 Å². The Labute approximate surface area is 158 Å². The third-order valence-electron chi connectivity index (χ3n) is 4.65. The van der Waals surface area contributed by atoms with E-state index in [1.807, 2.05) is 25.1 Å². The Balaban J connectivity index is 1.69. The fourth-order valence-electron chi connectivity index (χ4n) is 3.13. The van der Waals surface area contributed by atoms with Gasteiger partial charge in [0.2, 0.25) is 12.7 Å². The number of amides is 1. The average Bonchev–Trinajstić information content (AvgIpc) is 3.13. The predicted molar refractivity (Wildman–Crippen MR) is 99.3 cm³/mol. The van der Waals surface area contributed by atoms with Crippen LogP contribution < -0.4 is 9.47 Å². The maximum absolute atomic E-state index is 14.0. The van der Waals surface area contributed by atoms with E-state index in [4.69, 9.17) is 14.2 Å². The second kappa shape index (κ2) is 8.86. The van der Waals surface area contributed by atoms with Crippen LogP contribution in [0.15, 0.2) is 42.5 Å². The van der Waals surface area contributed by atoms with Crippen LogP contribution in [0.4, 0.5) is 4.39 Å². The molecule has 6 heteroatoms. The molecule has 2 aromatic carbocycles. The molecule has 0 radical (unpaired) electrons. The molecule has 1 aliphatic heterocycles. The molecule has 0 N–H and O–H groups in total. The fraction of sp³-hybridized carbons (Fsp3) is 0.381. The summed E-state index contributed by atoms with van der Waals surface area (Å²) in [5.74, 6) is 0.867. The van der Waals surface area contributed by atoms with Gasteiger partial charge in [0.25, 0.3) is 0 Å². The SMILES string of the molecule is COCCN(Cc1ccc2c(c1)OCO2)C(=O)CC(C)c1ccccc1F. The first-order valence-corrected chi connectivity index (χ1v) is 8.98. The summed E-state index contributed by atoms with van der Waals surface area (Å²) in [5, 5.41) is 0. The van der Waals surface area contributed by atoms with Crippen molar-refractivity contribution in [1.82, 2.24) is 4.90 Å². The second-order valence-corrected chi connectivity index (χ2v) is 6.62. The van der Waals surface area contributed by atoms with Gasteiger partial charge in [-0.2, -0.15) is 0 Å². The summed E-state index contributed by atoms with van der Waals surface area (Å²) in [4.78, 5) is 14.6. The zero-order valence-corrected chi connectivity index (χ0v) is 15.6. The van der Waals surface area contributed by atoms with Crippen LogP contribution in [0.3, 0.4) is 0 Å². The minimum atomic E-state index is -0.281. The molecular formula is C21H24FNO4. The normalized spacial score (nSPS) is 13.4. The lowest BCUT2D eigenvalue weighted by molar-refractivity contribution is -0.132. The van der Waals surface area contributed by atoms with Crippen LogP contribution in [-0.4, -0.2) is 37.9 Å². The smallest absolute Gasteiger partial charge is 0.231 e. The standard InChI is InChI=1S/C21H24FNO4/c1-15(17-5-3-4-6-18(17)22)11-21(24)23(9-10-25-2)13-16-7-8-19-20(12-16)27-14-26-19/h3-8,12,15H,9-11,13-14H2,1-2H3. The highest BCUT2D eigenvalue weighted by molar-refractivity contribution is 5.77. The number of fused-ring (bicyclic) bond motifs is 1. The van der Waals surface area contributed by atoms with Gasteiger partial charge in [0.05, 0.1) is 6.61 Å². The van der Waals surface area contributed by atoms with Crippen molar-refractivity contribution in [3.05, 3.63) is 59.4 Å². The van der Waals surface area contributed by atoms with Gasteiger partial charge in [0, 0.05) is 26.6 Å². The lowest BCUT2D eigenvalue weighted by atomic mass is 9.96. The summed E-state index contributed by atoms with van der Waals surface area (Å²) in [6, 6.07) is 12.2. The zero-order chi connectivity index (χ0) is 19.2. The molecule has 0 spiro atoms. The third-order valence-corrected chi connectivity index (χ3v) is 4.65. The number of ether oxygens (including phenoxy) is 3. The van der Waals surface area contributed by atoms with E-state index >= 15 is 0 Å². The van der Waals surface area contributed by atoms with E-state index in [0.717, 1.165) is 5.56 Å². The first-order chi connectivity index (χ1) is 13.1. The number of nitrogens with zero attached hydrogens (tertiary/aromatic N) is 1. The van der Waals surface area contributed by atoms with Crippen LogP contribution in [0, 0.1) is 5.82 Å². The topological polar surface area (TPSA) is 48.0 Å². The fourth-order valence-corrected chi connectivity index (χ4v) is 3.13. The molecule has 0 fully saturated rings. The summed E-state index contributed by atoms with van der Waals surface area (Å²) in [7, 11) is 1.60. The number of hydrogen-bond donors (Lipinski definition) is 0. The molecule has 144 valence electrons. The van der Waals surface area contributed by atoms with E-state index in [9.17, 15) is 9.18 Å². The highest BCUT2D eigenvalue weighted by atomic mass is 19.1. The van der Waals surface area contributed by atoms with Crippen molar-refractivity contribution in [1.29, 1.82) is 0 Å². The zero-order valence-electron chi connectivity index (χ0n) is 15.6. The van der Waals surface area contributed by atoms with E-state index < -0.39 is 0 Å². The Kier molecular flexibility index (Phi) is 6.29. The molecule has 1 atom stereocenters. The average molecular weight is 373 g/mol. The second-order valence-electron chi connectivity index (χ2n) is 6.62. The Morgan fingerprint density at radius 3 is 2.78 bits per heavy atom.